The fraction of sp³-hybridized carbons (Fsp3) is 0.318. The molecule has 0 bridgehead atoms. The molecule has 0 aliphatic carbocycles. The fourth-order valence-electron chi connectivity index (χ4n) is 3.41. The minimum Gasteiger partial charge on any atom is -0.485 e. The van der Waals surface area contributed by atoms with Crippen LogP contribution in [0.3, 0.4) is 0 Å². The third-order valence-electron chi connectivity index (χ3n) is 4.84. The summed E-state index contributed by atoms with van der Waals surface area (Å²) in [6, 6.07) is 15.9. The lowest BCUT2D eigenvalue weighted by Gasteiger charge is -2.14. The number of para-hydroxylation sites is 2. The Morgan fingerprint density at radius 2 is 1.83 bits per heavy atom. The van der Waals surface area contributed by atoms with Crippen LogP contribution in [0.1, 0.15) is 30.3 Å². The SMILES string of the molecule is Cc1cccc(C)c1OCc1nnc(SC2CC(C)OC2=O)n1-c1ccccc1. The number of hydrogen-bond acceptors (Lipinski definition) is 6. The van der Waals surface area contributed by atoms with E-state index in [0.717, 1.165) is 22.6 Å². The first kappa shape index (κ1) is 19.5. The van der Waals surface area contributed by atoms with E-state index >= 15 is 0 Å². The Bertz CT molecular complexity index is 999. The van der Waals surface area contributed by atoms with Gasteiger partial charge in [-0.15, -0.1) is 10.2 Å². The van der Waals surface area contributed by atoms with Crippen LogP contribution in [0.4, 0.5) is 0 Å². The molecule has 6 nitrogen and oxygen atoms in total. The predicted molar refractivity (Wildman–Crippen MR) is 111 cm³/mol. The molecule has 150 valence electrons. The van der Waals surface area contributed by atoms with E-state index in [1.807, 2.05) is 73.9 Å². The molecule has 2 atom stereocenters. The average Bonchev–Trinajstić information content (AvgIpc) is 3.24. The van der Waals surface area contributed by atoms with Crippen LogP contribution in [0.2, 0.25) is 0 Å². The van der Waals surface area contributed by atoms with Crippen LogP contribution in [-0.2, 0) is 16.1 Å². The van der Waals surface area contributed by atoms with E-state index in [4.69, 9.17) is 9.47 Å². The largest absolute Gasteiger partial charge is 0.485 e. The molecule has 1 fully saturated rings. The second kappa shape index (κ2) is 8.29. The van der Waals surface area contributed by atoms with Gasteiger partial charge in [0.15, 0.2) is 11.0 Å². The van der Waals surface area contributed by atoms with Gasteiger partial charge in [0.2, 0.25) is 0 Å². The smallest absolute Gasteiger partial charge is 0.319 e. The molecule has 2 unspecified atom stereocenters. The Morgan fingerprint density at radius 3 is 2.48 bits per heavy atom. The summed E-state index contributed by atoms with van der Waals surface area (Å²) in [7, 11) is 0. The highest BCUT2D eigenvalue weighted by molar-refractivity contribution is 8.00. The lowest BCUT2D eigenvalue weighted by Crippen LogP contribution is -2.12. The molecule has 29 heavy (non-hydrogen) atoms. The molecule has 2 aromatic carbocycles. The molecule has 4 rings (SSSR count). The van der Waals surface area contributed by atoms with Crippen molar-refractivity contribution in [3.63, 3.8) is 0 Å². The Hall–Kier alpha value is -2.80. The molecule has 2 heterocycles. The Morgan fingerprint density at radius 1 is 1.10 bits per heavy atom. The quantitative estimate of drug-likeness (QED) is 0.567. The van der Waals surface area contributed by atoms with E-state index in [2.05, 4.69) is 10.2 Å². The maximum Gasteiger partial charge on any atom is 0.319 e. The summed E-state index contributed by atoms with van der Waals surface area (Å²) in [4.78, 5) is 12.1. The van der Waals surface area contributed by atoms with Gasteiger partial charge in [-0.3, -0.25) is 9.36 Å². The van der Waals surface area contributed by atoms with Crippen molar-refractivity contribution in [1.29, 1.82) is 0 Å². The third-order valence-corrected chi connectivity index (χ3v) is 5.99. The topological polar surface area (TPSA) is 66.2 Å². The molecule has 1 aromatic heterocycles. The molecule has 0 amide bonds. The van der Waals surface area contributed by atoms with Crippen molar-refractivity contribution in [3.05, 3.63) is 65.5 Å². The number of benzene rings is 2. The number of nitrogens with zero attached hydrogens (tertiary/aromatic N) is 3. The highest BCUT2D eigenvalue weighted by Crippen LogP contribution is 2.33. The number of esters is 1. The summed E-state index contributed by atoms with van der Waals surface area (Å²) < 4.78 is 13.4. The zero-order chi connectivity index (χ0) is 20.4. The Balaban J connectivity index is 1.64. The molecular weight excluding hydrogens is 386 g/mol. The molecule has 1 aliphatic heterocycles. The van der Waals surface area contributed by atoms with Gasteiger partial charge in [-0.1, -0.05) is 48.2 Å². The summed E-state index contributed by atoms with van der Waals surface area (Å²) in [5.74, 6) is 1.34. The molecule has 0 saturated carbocycles. The number of hydrogen-bond donors (Lipinski definition) is 0. The highest BCUT2D eigenvalue weighted by Gasteiger charge is 2.34. The number of carbonyl (C=O) groups is 1. The minimum absolute atomic E-state index is 0.0695. The highest BCUT2D eigenvalue weighted by atomic mass is 32.2. The van der Waals surface area contributed by atoms with Crippen LogP contribution in [0, 0.1) is 13.8 Å². The monoisotopic (exact) mass is 409 g/mol. The Labute approximate surface area is 174 Å². The van der Waals surface area contributed by atoms with Crippen molar-refractivity contribution in [2.24, 2.45) is 0 Å². The average molecular weight is 410 g/mol. The van der Waals surface area contributed by atoms with Crippen molar-refractivity contribution in [2.45, 2.75) is 50.3 Å². The molecule has 0 spiro atoms. The number of cyclic esters (lactones) is 1. The molecule has 0 radical (unpaired) electrons. The van der Waals surface area contributed by atoms with Crippen LogP contribution < -0.4 is 4.74 Å². The summed E-state index contributed by atoms with van der Waals surface area (Å²) in [5, 5.41) is 9.11. The van der Waals surface area contributed by atoms with Gasteiger partial charge < -0.3 is 9.47 Å². The maximum absolute atomic E-state index is 12.1. The van der Waals surface area contributed by atoms with Gasteiger partial charge in [-0.2, -0.15) is 0 Å². The number of aromatic nitrogens is 3. The third kappa shape index (κ3) is 4.15. The second-order valence-electron chi connectivity index (χ2n) is 7.17. The maximum atomic E-state index is 12.1. The van der Waals surface area contributed by atoms with Gasteiger partial charge in [0, 0.05) is 12.1 Å². The van der Waals surface area contributed by atoms with E-state index in [9.17, 15) is 4.79 Å². The van der Waals surface area contributed by atoms with Gasteiger partial charge in [-0.05, 0) is 44.0 Å². The second-order valence-corrected chi connectivity index (χ2v) is 8.34. The molecule has 0 N–H and O–H groups in total. The first-order valence-electron chi connectivity index (χ1n) is 9.59. The zero-order valence-corrected chi connectivity index (χ0v) is 17.5. The van der Waals surface area contributed by atoms with Crippen molar-refractivity contribution in [1.82, 2.24) is 14.8 Å². The molecule has 7 heteroatoms. The Kier molecular flexibility index (Phi) is 5.58. The summed E-state index contributed by atoms with van der Waals surface area (Å²) in [6.45, 7) is 6.24. The van der Waals surface area contributed by atoms with Crippen molar-refractivity contribution in [2.75, 3.05) is 0 Å². The summed E-state index contributed by atoms with van der Waals surface area (Å²) in [6.07, 6.45) is 0.597. The first-order valence-corrected chi connectivity index (χ1v) is 10.5. The van der Waals surface area contributed by atoms with Crippen LogP contribution >= 0.6 is 11.8 Å². The minimum atomic E-state index is -0.274. The van der Waals surface area contributed by atoms with Crippen LogP contribution in [0.5, 0.6) is 5.75 Å². The van der Waals surface area contributed by atoms with E-state index in [1.165, 1.54) is 11.8 Å². The van der Waals surface area contributed by atoms with E-state index in [-0.39, 0.29) is 23.9 Å². The molecular formula is C22H23N3O3S. The van der Waals surface area contributed by atoms with Crippen LogP contribution in [-0.4, -0.2) is 32.1 Å². The van der Waals surface area contributed by atoms with Crippen LogP contribution in [0.25, 0.3) is 5.69 Å². The fourth-order valence-corrected chi connectivity index (χ4v) is 4.59. The lowest BCUT2D eigenvalue weighted by atomic mass is 10.1. The van der Waals surface area contributed by atoms with Crippen molar-refractivity contribution in [3.8, 4) is 11.4 Å². The first-order chi connectivity index (χ1) is 14.0. The molecule has 3 aromatic rings. The molecule has 1 aliphatic rings. The number of thioether (sulfide) groups is 1. The number of ether oxygens (including phenoxy) is 2. The van der Waals surface area contributed by atoms with Crippen molar-refractivity contribution < 1.29 is 14.3 Å². The summed E-state index contributed by atoms with van der Waals surface area (Å²) >= 11 is 1.39. The number of aryl methyl sites for hydroxylation is 2. The number of carbonyl (C=O) groups excluding carboxylic acids is 1. The van der Waals surface area contributed by atoms with Gasteiger partial charge in [0.1, 0.15) is 23.7 Å². The zero-order valence-electron chi connectivity index (χ0n) is 16.7. The van der Waals surface area contributed by atoms with Gasteiger partial charge in [0.05, 0.1) is 0 Å². The number of rotatable bonds is 6. The summed E-state index contributed by atoms with van der Waals surface area (Å²) in [5.41, 5.74) is 3.08. The molecule has 1 saturated heterocycles. The van der Waals surface area contributed by atoms with E-state index < -0.39 is 0 Å². The standard InChI is InChI=1S/C22H23N3O3S/c1-14-8-7-9-15(2)20(14)27-13-19-23-24-22(25(19)17-10-5-4-6-11-17)29-18-12-16(3)28-21(18)26/h4-11,16,18H,12-13H2,1-3H3. The normalized spacial score (nSPS) is 18.7. The van der Waals surface area contributed by atoms with Gasteiger partial charge in [0.25, 0.3) is 0 Å². The van der Waals surface area contributed by atoms with Crippen molar-refractivity contribution >= 4 is 17.7 Å². The van der Waals surface area contributed by atoms with Crippen LogP contribution in [0.15, 0.2) is 53.7 Å². The van der Waals surface area contributed by atoms with Gasteiger partial charge in [-0.25, -0.2) is 0 Å². The van der Waals surface area contributed by atoms with E-state index in [0.29, 0.717) is 17.4 Å². The predicted octanol–water partition coefficient (Wildman–Crippen LogP) is 4.26. The van der Waals surface area contributed by atoms with E-state index in [1.54, 1.807) is 0 Å². The lowest BCUT2D eigenvalue weighted by molar-refractivity contribution is -0.140. The van der Waals surface area contributed by atoms with Gasteiger partial charge >= 0.3 is 5.97 Å².